The number of amides is 1. The molecule has 8 nitrogen and oxygen atoms in total. The first kappa shape index (κ1) is 24.1. The molecule has 0 radical (unpaired) electrons. The number of Topliss-reactive ketones (excluding diaryl/α,β-unsaturated/α-hetero) is 1. The Morgan fingerprint density at radius 2 is 1.57 bits per heavy atom. The first-order valence-corrected chi connectivity index (χ1v) is 11.1. The fourth-order valence-corrected chi connectivity index (χ4v) is 4.24. The second-order valence-corrected chi connectivity index (χ2v) is 8.00. The first-order chi connectivity index (χ1) is 16.9. The van der Waals surface area contributed by atoms with Crippen molar-refractivity contribution in [3.8, 4) is 23.0 Å². The summed E-state index contributed by atoms with van der Waals surface area (Å²) in [5, 5.41) is 11.5. The highest BCUT2D eigenvalue weighted by Gasteiger charge is 2.50. The lowest BCUT2D eigenvalue weighted by Gasteiger charge is -2.23. The van der Waals surface area contributed by atoms with E-state index in [0.29, 0.717) is 34.2 Å². The van der Waals surface area contributed by atoms with Gasteiger partial charge in [0.15, 0.2) is 22.9 Å². The third kappa shape index (κ3) is 4.52. The predicted octanol–water partition coefficient (Wildman–Crippen LogP) is 3.60. The van der Waals surface area contributed by atoms with Gasteiger partial charge in [-0.2, -0.15) is 0 Å². The smallest absolute Gasteiger partial charge is 0.264 e. The van der Waals surface area contributed by atoms with Crippen molar-refractivity contribution in [2.24, 2.45) is 0 Å². The molecular weight excluding hydrogens is 450 g/mol. The Hall–Kier alpha value is -4.04. The van der Waals surface area contributed by atoms with Crippen LogP contribution in [0.25, 0.3) is 0 Å². The van der Waals surface area contributed by atoms with Gasteiger partial charge in [-0.1, -0.05) is 30.3 Å². The molecule has 8 heteroatoms. The van der Waals surface area contributed by atoms with E-state index in [9.17, 15) is 14.7 Å². The third-order valence-electron chi connectivity index (χ3n) is 6.01. The zero-order valence-corrected chi connectivity index (χ0v) is 19.8. The van der Waals surface area contributed by atoms with Crippen LogP contribution in [0.15, 0.2) is 66.7 Å². The second-order valence-electron chi connectivity index (χ2n) is 8.00. The van der Waals surface area contributed by atoms with Crippen LogP contribution >= 0.6 is 0 Å². The topological polar surface area (TPSA) is 94.5 Å². The monoisotopic (exact) mass is 477 g/mol. The molecule has 0 aliphatic carbocycles. The van der Waals surface area contributed by atoms with Gasteiger partial charge in [0.05, 0.1) is 45.5 Å². The maximum atomic E-state index is 13.5. The number of hydrogen-bond donors (Lipinski definition) is 1. The van der Waals surface area contributed by atoms with E-state index in [4.69, 9.17) is 18.9 Å². The van der Waals surface area contributed by atoms with E-state index in [1.165, 1.54) is 19.1 Å². The minimum atomic E-state index is -2.01. The molecule has 182 valence electrons. The Morgan fingerprint density at radius 1 is 0.886 bits per heavy atom. The Morgan fingerprint density at radius 3 is 2.29 bits per heavy atom. The summed E-state index contributed by atoms with van der Waals surface area (Å²) in [6.45, 7) is 0.340. The fraction of sp³-hybridized carbons (Fsp3) is 0.259. The number of para-hydroxylation sites is 3. The van der Waals surface area contributed by atoms with Crippen LogP contribution < -0.4 is 23.8 Å². The van der Waals surface area contributed by atoms with Gasteiger partial charge in [-0.3, -0.25) is 9.59 Å². The lowest BCUT2D eigenvalue weighted by atomic mass is 9.88. The number of anilines is 1. The molecule has 1 aliphatic rings. The van der Waals surface area contributed by atoms with Crippen LogP contribution in [0.2, 0.25) is 0 Å². The van der Waals surface area contributed by atoms with E-state index in [-0.39, 0.29) is 18.7 Å². The molecule has 35 heavy (non-hydrogen) atoms. The highest BCUT2D eigenvalue weighted by atomic mass is 16.5. The quantitative estimate of drug-likeness (QED) is 0.446. The number of nitrogens with zero attached hydrogens (tertiary/aromatic N) is 1. The number of carbonyl (C=O) groups is 2. The minimum absolute atomic E-state index is 0.163. The highest BCUT2D eigenvalue weighted by molar-refractivity contribution is 6.11. The molecule has 1 heterocycles. The summed E-state index contributed by atoms with van der Waals surface area (Å²) >= 11 is 0. The Labute approximate surface area is 203 Å². The van der Waals surface area contributed by atoms with Crippen molar-refractivity contribution in [2.75, 3.05) is 39.4 Å². The fourth-order valence-electron chi connectivity index (χ4n) is 4.24. The summed E-state index contributed by atoms with van der Waals surface area (Å²) in [5.74, 6) is 0.952. The summed E-state index contributed by atoms with van der Waals surface area (Å²) in [5.41, 5.74) is -0.838. The van der Waals surface area contributed by atoms with Crippen molar-refractivity contribution < 1.29 is 33.6 Å². The van der Waals surface area contributed by atoms with Gasteiger partial charge < -0.3 is 29.0 Å². The zero-order chi connectivity index (χ0) is 25.0. The molecule has 0 saturated heterocycles. The number of hydrogen-bond acceptors (Lipinski definition) is 7. The highest BCUT2D eigenvalue weighted by Crippen LogP contribution is 2.43. The second kappa shape index (κ2) is 10.1. The Balaban J connectivity index is 1.56. The predicted molar refractivity (Wildman–Crippen MR) is 130 cm³/mol. The number of benzene rings is 3. The van der Waals surface area contributed by atoms with Crippen LogP contribution in [0.3, 0.4) is 0 Å². The average molecular weight is 478 g/mol. The van der Waals surface area contributed by atoms with Crippen LogP contribution in [-0.4, -0.2) is 51.3 Å². The number of rotatable bonds is 10. The van der Waals surface area contributed by atoms with Gasteiger partial charge in [-0.25, -0.2) is 0 Å². The van der Waals surface area contributed by atoms with E-state index in [2.05, 4.69) is 0 Å². The number of carbonyl (C=O) groups excluding carboxylic acids is 2. The molecule has 1 aliphatic heterocycles. The van der Waals surface area contributed by atoms with Gasteiger partial charge in [-0.15, -0.1) is 0 Å². The third-order valence-corrected chi connectivity index (χ3v) is 6.01. The molecule has 0 aromatic heterocycles. The molecule has 1 amide bonds. The van der Waals surface area contributed by atoms with Gasteiger partial charge in [-0.05, 0) is 30.3 Å². The van der Waals surface area contributed by atoms with Crippen molar-refractivity contribution in [3.05, 3.63) is 77.9 Å². The molecule has 0 spiro atoms. The normalized spacial score (nSPS) is 16.6. The molecule has 0 fully saturated rings. The van der Waals surface area contributed by atoms with Crippen LogP contribution in [0.4, 0.5) is 5.69 Å². The number of ketones is 1. The van der Waals surface area contributed by atoms with Crippen LogP contribution in [0, 0.1) is 0 Å². The largest absolute Gasteiger partial charge is 0.497 e. The molecule has 0 saturated carbocycles. The SMILES string of the molecule is COc1ccc(C(=O)C[C@@]2(O)C(=O)N(CCOc3ccccc3OC)c3ccccc32)c(OC)c1. The molecule has 1 N–H and O–H groups in total. The van der Waals surface area contributed by atoms with Crippen molar-refractivity contribution in [1.82, 2.24) is 0 Å². The molecule has 3 aromatic carbocycles. The molecule has 0 bridgehead atoms. The van der Waals surface area contributed by atoms with Crippen LogP contribution in [0.1, 0.15) is 22.3 Å². The van der Waals surface area contributed by atoms with Gasteiger partial charge in [0.1, 0.15) is 18.1 Å². The van der Waals surface area contributed by atoms with Crippen molar-refractivity contribution in [2.45, 2.75) is 12.0 Å². The number of aliphatic hydroxyl groups is 1. The van der Waals surface area contributed by atoms with Crippen LogP contribution in [0.5, 0.6) is 23.0 Å². The maximum absolute atomic E-state index is 13.5. The number of ether oxygens (including phenoxy) is 4. The molecule has 4 rings (SSSR count). The Kier molecular flexibility index (Phi) is 6.93. The summed E-state index contributed by atoms with van der Waals surface area (Å²) in [4.78, 5) is 28.1. The standard InChI is InChI=1S/C27H27NO7/c1-32-18-12-13-19(25(16-18)34-3)22(29)17-27(31)20-8-4-5-9-21(20)28(26(27)30)14-15-35-24-11-7-6-10-23(24)33-2/h4-13,16,31H,14-15,17H2,1-3H3/t27-/m0/s1. The minimum Gasteiger partial charge on any atom is -0.497 e. The number of fused-ring (bicyclic) bond motifs is 1. The summed E-state index contributed by atoms with van der Waals surface area (Å²) in [7, 11) is 4.51. The van der Waals surface area contributed by atoms with E-state index >= 15 is 0 Å². The lowest BCUT2D eigenvalue weighted by molar-refractivity contribution is -0.135. The molecule has 3 aromatic rings. The van der Waals surface area contributed by atoms with Crippen molar-refractivity contribution >= 4 is 17.4 Å². The van der Waals surface area contributed by atoms with E-state index < -0.39 is 23.7 Å². The van der Waals surface area contributed by atoms with Gasteiger partial charge in [0.2, 0.25) is 0 Å². The van der Waals surface area contributed by atoms with Gasteiger partial charge in [0.25, 0.3) is 5.91 Å². The molecule has 1 atom stereocenters. The van der Waals surface area contributed by atoms with E-state index in [1.54, 1.807) is 61.7 Å². The van der Waals surface area contributed by atoms with E-state index in [0.717, 1.165) is 0 Å². The number of methoxy groups -OCH3 is 3. The average Bonchev–Trinajstić information content (AvgIpc) is 3.10. The summed E-state index contributed by atoms with van der Waals surface area (Å²) in [6.07, 6.45) is -0.435. The first-order valence-electron chi connectivity index (χ1n) is 11.1. The van der Waals surface area contributed by atoms with Crippen LogP contribution in [-0.2, 0) is 10.4 Å². The van der Waals surface area contributed by atoms with E-state index in [1.807, 2.05) is 12.1 Å². The van der Waals surface area contributed by atoms with Gasteiger partial charge >= 0.3 is 0 Å². The van der Waals surface area contributed by atoms with Gasteiger partial charge in [0, 0.05) is 11.6 Å². The zero-order valence-electron chi connectivity index (χ0n) is 19.8. The summed E-state index contributed by atoms with van der Waals surface area (Å²) < 4.78 is 21.6. The lowest BCUT2D eigenvalue weighted by Crippen LogP contribution is -2.43. The maximum Gasteiger partial charge on any atom is 0.264 e. The Bertz CT molecular complexity index is 1240. The van der Waals surface area contributed by atoms with Crippen molar-refractivity contribution in [1.29, 1.82) is 0 Å². The van der Waals surface area contributed by atoms with Crippen molar-refractivity contribution in [3.63, 3.8) is 0 Å². The molecular formula is C27H27NO7. The molecule has 0 unspecified atom stereocenters. The summed E-state index contributed by atoms with van der Waals surface area (Å²) in [6, 6.07) is 18.9.